The molecule has 0 spiro atoms. The van der Waals surface area contributed by atoms with Crippen molar-refractivity contribution in [1.82, 2.24) is 5.48 Å². The van der Waals surface area contributed by atoms with Crippen molar-refractivity contribution in [2.45, 2.75) is 6.10 Å². The molecule has 0 saturated carbocycles. The van der Waals surface area contributed by atoms with Crippen LogP contribution < -0.4 is 16.0 Å². The quantitative estimate of drug-likeness (QED) is 0.486. The van der Waals surface area contributed by atoms with Gasteiger partial charge in [-0.1, -0.05) is 29.3 Å². The summed E-state index contributed by atoms with van der Waals surface area (Å²) in [7, 11) is 0. The first-order valence-electron chi connectivity index (χ1n) is 5.38. The summed E-state index contributed by atoms with van der Waals surface area (Å²) in [4.78, 5) is 15.0. The van der Waals surface area contributed by atoms with Crippen molar-refractivity contribution in [2.24, 2.45) is 5.73 Å². The number of ether oxygens (including phenoxy) is 1. The molecule has 4 N–H and O–H groups in total. The van der Waals surface area contributed by atoms with E-state index in [9.17, 15) is 9.90 Å². The van der Waals surface area contributed by atoms with E-state index in [1.807, 2.05) is 0 Å². The highest BCUT2D eigenvalue weighted by atomic mass is 35.5. The van der Waals surface area contributed by atoms with Crippen LogP contribution in [0, 0.1) is 0 Å². The molecular formula is C11H14Cl2N2O4. The van der Waals surface area contributed by atoms with Gasteiger partial charge in [-0.2, -0.15) is 5.48 Å². The fourth-order valence-corrected chi connectivity index (χ4v) is 1.64. The van der Waals surface area contributed by atoms with Gasteiger partial charge in [0, 0.05) is 0 Å². The summed E-state index contributed by atoms with van der Waals surface area (Å²) >= 11 is 11.8. The van der Waals surface area contributed by atoms with E-state index in [0.29, 0.717) is 15.8 Å². The number of para-hydroxylation sites is 1. The lowest BCUT2D eigenvalue weighted by Crippen LogP contribution is -2.33. The minimum absolute atomic E-state index is 0.0314. The van der Waals surface area contributed by atoms with Crippen molar-refractivity contribution in [3.05, 3.63) is 28.2 Å². The van der Waals surface area contributed by atoms with E-state index < -0.39 is 12.0 Å². The van der Waals surface area contributed by atoms with E-state index in [0.717, 1.165) is 0 Å². The van der Waals surface area contributed by atoms with Crippen LogP contribution in [0.2, 0.25) is 10.0 Å². The van der Waals surface area contributed by atoms with Gasteiger partial charge in [0.05, 0.1) is 16.6 Å². The highest BCUT2D eigenvalue weighted by molar-refractivity contribution is 6.37. The van der Waals surface area contributed by atoms with Gasteiger partial charge in [-0.15, -0.1) is 0 Å². The average Bonchev–Trinajstić information content (AvgIpc) is 2.34. The normalized spacial score (nSPS) is 12.2. The highest BCUT2D eigenvalue weighted by Gasteiger charge is 2.10. The monoisotopic (exact) mass is 308 g/mol. The molecule has 0 aliphatic rings. The van der Waals surface area contributed by atoms with Crippen molar-refractivity contribution < 1.29 is 19.5 Å². The zero-order valence-corrected chi connectivity index (χ0v) is 11.4. The van der Waals surface area contributed by atoms with Crippen molar-refractivity contribution in [2.75, 3.05) is 19.8 Å². The summed E-state index contributed by atoms with van der Waals surface area (Å²) in [5.41, 5.74) is 7.24. The van der Waals surface area contributed by atoms with E-state index in [1.165, 1.54) is 0 Å². The van der Waals surface area contributed by atoms with Crippen LogP contribution in [0.4, 0.5) is 0 Å². The van der Waals surface area contributed by atoms with Crippen molar-refractivity contribution in [1.29, 1.82) is 0 Å². The van der Waals surface area contributed by atoms with Gasteiger partial charge in [-0.3, -0.25) is 9.63 Å². The molecule has 1 atom stereocenters. The second-order valence-electron chi connectivity index (χ2n) is 3.62. The molecule has 0 heterocycles. The molecule has 0 aliphatic heterocycles. The molecule has 0 aromatic heterocycles. The van der Waals surface area contributed by atoms with Crippen molar-refractivity contribution in [3.63, 3.8) is 0 Å². The second kappa shape index (κ2) is 8.19. The molecule has 0 fully saturated rings. The molecule has 0 radical (unpaired) electrons. The largest absolute Gasteiger partial charge is 0.488 e. The Balaban J connectivity index is 2.30. The Hall–Kier alpha value is -1.05. The number of nitrogens with one attached hydrogen (secondary N) is 1. The number of carbonyl (C=O) groups excluding carboxylic acids is 1. The van der Waals surface area contributed by atoms with Gasteiger partial charge in [0.15, 0.2) is 5.75 Å². The number of primary amides is 1. The van der Waals surface area contributed by atoms with Crippen LogP contribution in [-0.4, -0.2) is 36.9 Å². The number of carbonyl (C=O) groups is 1. The maximum atomic E-state index is 10.4. The first kappa shape index (κ1) is 16.0. The van der Waals surface area contributed by atoms with Gasteiger partial charge < -0.3 is 15.6 Å². The summed E-state index contributed by atoms with van der Waals surface area (Å²) in [6, 6.07) is 4.94. The Labute approximate surface area is 120 Å². The minimum Gasteiger partial charge on any atom is -0.488 e. The molecule has 19 heavy (non-hydrogen) atoms. The van der Waals surface area contributed by atoms with E-state index in [4.69, 9.17) is 33.7 Å². The lowest BCUT2D eigenvalue weighted by atomic mass is 10.3. The third kappa shape index (κ3) is 6.09. The number of aliphatic hydroxyl groups is 1. The van der Waals surface area contributed by atoms with Gasteiger partial charge in [-0.05, 0) is 12.1 Å². The van der Waals surface area contributed by atoms with Gasteiger partial charge >= 0.3 is 0 Å². The average molecular weight is 309 g/mol. The summed E-state index contributed by atoms with van der Waals surface area (Å²) in [5, 5.41) is 10.3. The number of rotatable bonds is 8. The number of amides is 1. The molecule has 6 nitrogen and oxygen atoms in total. The van der Waals surface area contributed by atoms with Gasteiger partial charge in [0.25, 0.3) is 0 Å². The lowest BCUT2D eigenvalue weighted by molar-refractivity contribution is -0.125. The van der Waals surface area contributed by atoms with E-state index in [-0.39, 0.29) is 19.8 Å². The molecule has 106 valence electrons. The molecular weight excluding hydrogens is 295 g/mol. The van der Waals surface area contributed by atoms with Crippen LogP contribution in [0.1, 0.15) is 0 Å². The molecule has 0 saturated heterocycles. The first-order valence-corrected chi connectivity index (χ1v) is 6.14. The molecule has 1 rings (SSSR count). The Morgan fingerprint density at radius 2 is 2.05 bits per heavy atom. The third-order valence-electron chi connectivity index (χ3n) is 1.97. The number of nitrogens with two attached hydrogens (primary N) is 1. The van der Waals surface area contributed by atoms with Gasteiger partial charge in [0.2, 0.25) is 5.91 Å². The Morgan fingerprint density at radius 3 is 2.63 bits per heavy atom. The fourth-order valence-electron chi connectivity index (χ4n) is 1.14. The van der Waals surface area contributed by atoms with E-state index in [2.05, 4.69) is 10.3 Å². The number of hydrogen-bond donors (Lipinski definition) is 3. The molecule has 1 amide bonds. The summed E-state index contributed by atoms with van der Waals surface area (Å²) in [5.74, 6) is -0.302. The smallest absolute Gasteiger partial charge is 0.245 e. The zero-order chi connectivity index (χ0) is 14.3. The molecule has 1 aromatic rings. The van der Waals surface area contributed by atoms with Crippen molar-refractivity contribution in [3.8, 4) is 5.75 Å². The number of hydroxylamine groups is 1. The Bertz CT molecular complexity index is 411. The van der Waals surface area contributed by atoms with Gasteiger partial charge in [0.1, 0.15) is 19.3 Å². The van der Waals surface area contributed by atoms with E-state index >= 15 is 0 Å². The molecule has 0 aliphatic carbocycles. The second-order valence-corrected chi connectivity index (χ2v) is 4.43. The van der Waals surface area contributed by atoms with Gasteiger partial charge in [-0.25, -0.2) is 0 Å². The SMILES string of the molecule is NC(=O)CONCC(O)COc1c(Cl)cccc1Cl. The maximum Gasteiger partial charge on any atom is 0.245 e. The summed E-state index contributed by atoms with van der Waals surface area (Å²) < 4.78 is 5.31. The number of hydrogen-bond acceptors (Lipinski definition) is 5. The van der Waals surface area contributed by atoms with Crippen LogP contribution in [0.15, 0.2) is 18.2 Å². The highest BCUT2D eigenvalue weighted by Crippen LogP contribution is 2.32. The predicted molar refractivity (Wildman–Crippen MR) is 71.1 cm³/mol. The number of halogens is 2. The Kier molecular flexibility index (Phi) is 6.90. The summed E-state index contributed by atoms with van der Waals surface area (Å²) in [6.45, 7) is -0.240. The Morgan fingerprint density at radius 1 is 1.42 bits per heavy atom. The van der Waals surface area contributed by atoms with Crippen molar-refractivity contribution >= 4 is 29.1 Å². The maximum absolute atomic E-state index is 10.4. The standard InChI is InChI=1S/C11H14Cl2N2O4/c12-8-2-1-3-9(13)11(8)18-5-7(16)4-15-19-6-10(14)17/h1-3,7,15-16H,4-6H2,(H2,14,17). The number of benzene rings is 1. The minimum atomic E-state index is -0.861. The lowest BCUT2D eigenvalue weighted by Gasteiger charge is -2.14. The van der Waals surface area contributed by atoms with Crippen LogP contribution in [-0.2, 0) is 9.63 Å². The van der Waals surface area contributed by atoms with Crippen LogP contribution in [0.25, 0.3) is 0 Å². The van der Waals surface area contributed by atoms with Crippen LogP contribution >= 0.6 is 23.2 Å². The van der Waals surface area contributed by atoms with Crippen LogP contribution in [0.3, 0.4) is 0 Å². The van der Waals surface area contributed by atoms with Crippen LogP contribution in [0.5, 0.6) is 5.75 Å². The topological polar surface area (TPSA) is 93.8 Å². The summed E-state index contributed by atoms with van der Waals surface area (Å²) in [6.07, 6.45) is -0.861. The first-order chi connectivity index (χ1) is 9.00. The fraction of sp³-hybridized carbons (Fsp3) is 0.364. The zero-order valence-electron chi connectivity index (χ0n) is 9.94. The number of aliphatic hydroxyl groups excluding tert-OH is 1. The van der Waals surface area contributed by atoms with E-state index in [1.54, 1.807) is 18.2 Å². The molecule has 1 unspecified atom stereocenters. The third-order valence-corrected chi connectivity index (χ3v) is 2.57. The predicted octanol–water partition coefficient (Wildman–Crippen LogP) is 0.740. The molecule has 1 aromatic carbocycles. The molecule has 0 bridgehead atoms. The molecule has 8 heteroatoms.